The summed E-state index contributed by atoms with van der Waals surface area (Å²) in [6.45, 7) is 14.0. The Kier molecular flexibility index (Phi) is 7.29. The van der Waals surface area contributed by atoms with Gasteiger partial charge in [-0.1, -0.05) is 71.3 Å². The Morgan fingerprint density at radius 1 is 1.07 bits per heavy atom. The first-order valence-corrected chi connectivity index (χ1v) is 12.1. The van der Waals surface area contributed by atoms with Crippen LogP contribution < -0.4 is 0 Å². The summed E-state index contributed by atoms with van der Waals surface area (Å²) in [6, 6.07) is 0. The third-order valence-electron chi connectivity index (χ3n) is 8.40. The van der Waals surface area contributed by atoms with Crippen LogP contribution in [0.2, 0.25) is 0 Å². The average Bonchev–Trinajstić information content (AvgIpc) is 3.00. The van der Waals surface area contributed by atoms with Crippen molar-refractivity contribution in [3.8, 4) is 0 Å². The van der Waals surface area contributed by atoms with E-state index in [2.05, 4.69) is 46.4 Å². The topological polar surface area (TPSA) is 20.2 Å². The number of rotatable bonds is 6. The maximum atomic E-state index is 10.1. The van der Waals surface area contributed by atoms with E-state index in [1.807, 2.05) is 0 Å². The predicted molar refractivity (Wildman–Crippen MR) is 121 cm³/mol. The van der Waals surface area contributed by atoms with Gasteiger partial charge in [-0.15, -0.1) is 0 Å². The molecule has 1 heteroatoms. The fourth-order valence-electron chi connectivity index (χ4n) is 6.70. The van der Waals surface area contributed by atoms with Gasteiger partial charge in [-0.3, -0.25) is 0 Å². The number of hydrogen-bond acceptors (Lipinski definition) is 1. The first-order chi connectivity index (χ1) is 13.3. The molecule has 0 radical (unpaired) electrons. The minimum atomic E-state index is -0.322. The molecule has 0 saturated heterocycles. The third kappa shape index (κ3) is 4.66. The number of aliphatic hydroxyl groups is 1. The molecule has 0 amide bonds. The second kappa shape index (κ2) is 9.33. The van der Waals surface area contributed by atoms with Gasteiger partial charge in [0.05, 0.1) is 6.10 Å². The molecule has 0 spiro atoms. The molecule has 1 nitrogen and oxygen atoms in total. The van der Waals surface area contributed by atoms with E-state index in [1.54, 1.807) is 5.57 Å². The van der Waals surface area contributed by atoms with Crippen LogP contribution in [0.3, 0.4) is 0 Å². The lowest BCUT2D eigenvalue weighted by molar-refractivity contribution is 0.0929. The van der Waals surface area contributed by atoms with Gasteiger partial charge in [-0.2, -0.15) is 0 Å². The van der Waals surface area contributed by atoms with Gasteiger partial charge in [-0.05, 0) is 91.6 Å². The molecule has 3 aliphatic rings. The van der Waals surface area contributed by atoms with Gasteiger partial charge in [0.2, 0.25) is 0 Å². The van der Waals surface area contributed by atoms with Gasteiger partial charge in [0.25, 0.3) is 0 Å². The van der Waals surface area contributed by atoms with E-state index in [0.29, 0.717) is 5.41 Å². The highest BCUT2D eigenvalue weighted by molar-refractivity contribution is 5.37. The average molecular weight is 385 g/mol. The minimum Gasteiger partial charge on any atom is -0.388 e. The van der Waals surface area contributed by atoms with Crippen LogP contribution in [0, 0.1) is 29.1 Å². The molecular weight excluding hydrogens is 340 g/mol. The van der Waals surface area contributed by atoms with Crippen LogP contribution in [0.1, 0.15) is 98.3 Å². The van der Waals surface area contributed by atoms with Gasteiger partial charge in [0, 0.05) is 0 Å². The number of allylic oxidation sites excluding steroid dienone is 3. The lowest BCUT2D eigenvalue weighted by Crippen LogP contribution is -2.36. The van der Waals surface area contributed by atoms with Crippen molar-refractivity contribution < 1.29 is 5.11 Å². The Morgan fingerprint density at radius 2 is 1.86 bits per heavy atom. The van der Waals surface area contributed by atoms with Crippen LogP contribution >= 0.6 is 0 Å². The van der Waals surface area contributed by atoms with Crippen molar-refractivity contribution in [2.75, 3.05) is 0 Å². The van der Waals surface area contributed by atoms with E-state index in [4.69, 9.17) is 0 Å². The van der Waals surface area contributed by atoms with Crippen molar-refractivity contribution in [2.45, 2.75) is 104 Å². The minimum absolute atomic E-state index is 0.322. The lowest BCUT2D eigenvalue weighted by atomic mass is 9.60. The lowest BCUT2D eigenvalue weighted by Gasteiger charge is -2.44. The smallest absolute Gasteiger partial charge is 0.0787 e. The number of aliphatic hydroxyl groups excluding tert-OH is 1. The summed E-state index contributed by atoms with van der Waals surface area (Å²) in [4.78, 5) is 0. The molecule has 5 atom stereocenters. The second-order valence-corrected chi connectivity index (χ2v) is 10.8. The molecule has 0 aromatic rings. The summed E-state index contributed by atoms with van der Waals surface area (Å²) in [5.74, 6) is 3.37. The fraction of sp³-hybridized carbons (Fsp3) is 0.778. The quantitative estimate of drug-likeness (QED) is 0.499. The highest BCUT2D eigenvalue weighted by Crippen LogP contribution is 2.59. The number of hydrogen-bond donors (Lipinski definition) is 1. The zero-order valence-electron chi connectivity index (χ0n) is 19.0. The highest BCUT2D eigenvalue weighted by Gasteiger charge is 2.50. The normalized spacial score (nSPS) is 37.6. The van der Waals surface area contributed by atoms with E-state index in [9.17, 15) is 5.11 Å². The Hall–Kier alpha value is -0.820. The monoisotopic (exact) mass is 384 g/mol. The van der Waals surface area contributed by atoms with Crippen molar-refractivity contribution in [2.24, 2.45) is 29.1 Å². The predicted octanol–water partition coefficient (Wildman–Crippen LogP) is 7.62. The molecule has 0 aliphatic heterocycles. The standard InChI is InChI=1S/C27H44O/c1-19(2)9-6-10-20(3)24-16-17-25-23(12-8-18-27(24,25)5)15-14-22-11-7-13-26(28)21(22)4/h14-15,19-20,24-26,28H,4,6-13,16-18H2,1-3,5H3/b22-14-,23-15+/t20-,24?,25?,26?,27?/m1/s1. The largest absolute Gasteiger partial charge is 0.388 e. The van der Waals surface area contributed by atoms with E-state index < -0.39 is 0 Å². The molecule has 0 heterocycles. The van der Waals surface area contributed by atoms with Crippen molar-refractivity contribution in [3.05, 3.63) is 35.5 Å². The zero-order chi connectivity index (χ0) is 20.3. The molecule has 158 valence electrons. The van der Waals surface area contributed by atoms with Gasteiger partial charge in [0.1, 0.15) is 0 Å². The molecule has 1 N–H and O–H groups in total. The molecule has 4 unspecified atom stereocenters. The molecule has 3 rings (SSSR count). The van der Waals surface area contributed by atoms with Crippen molar-refractivity contribution in [1.82, 2.24) is 0 Å². The second-order valence-electron chi connectivity index (χ2n) is 10.8. The van der Waals surface area contributed by atoms with Crippen LogP contribution in [-0.2, 0) is 0 Å². The van der Waals surface area contributed by atoms with Crippen LogP contribution in [0.4, 0.5) is 0 Å². The van der Waals surface area contributed by atoms with Crippen molar-refractivity contribution >= 4 is 0 Å². The van der Waals surface area contributed by atoms with Crippen LogP contribution in [0.25, 0.3) is 0 Å². The molecule has 3 fully saturated rings. The van der Waals surface area contributed by atoms with Gasteiger partial charge >= 0.3 is 0 Å². The number of fused-ring (bicyclic) bond motifs is 1. The summed E-state index contributed by atoms with van der Waals surface area (Å²) in [6.07, 6.45) is 18.5. The summed E-state index contributed by atoms with van der Waals surface area (Å²) < 4.78 is 0. The first kappa shape index (κ1) is 21.9. The molecule has 0 aromatic heterocycles. The maximum Gasteiger partial charge on any atom is 0.0787 e. The zero-order valence-corrected chi connectivity index (χ0v) is 19.0. The SMILES string of the molecule is C=C1/C(=C\C=C2/CCCC3(C)C2CCC3[C@H](C)CCCC(C)C)CCCC1O. The Morgan fingerprint density at radius 3 is 2.61 bits per heavy atom. The summed E-state index contributed by atoms with van der Waals surface area (Å²) in [5, 5.41) is 10.1. The van der Waals surface area contributed by atoms with Crippen LogP contribution in [0.5, 0.6) is 0 Å². The van der Waals surface area contributed by atoms with Crippen LogP contribution in [-0.4, -0.2) is 11.2 Å². The van der Waals surface area contributed by atoms with E-state index >= 15 is 0 Å². The molecular formula is C27H44O. The van der Waals surface area contributed by atoms with Gasteiger partial charge in [0.15, 0.2) is 0 Å². The van der Waals surface area contributed by atoms with Crippen molar-refractivity contribution in [3.63, 3.8) is 0 Å². The van der Waals surface area contributed by atoms with Crippen molar-refractivity contribution in [1.29, 1.82) is 0 Å². The Labute approximate surface area is 174 Å². The van der Waals surface area contributed by atoms with E-state index in [-0.39, 0.29) is 6.10 Å². The molecule has 3 saturated carbocycles. The van der Waals surface area contributed by atoms with Crippen LogP contribution in [0.15, 0.2) is 35.5 Å². The summed E-state index contributed by atoms with van der Waals surface area (Å²) in [7, 11) is 0. The fourth-order valence-corrected chi connectivity index (χ4v) is 6.70. The Balaban J connectivity index is 1.70. The summed E-state index contributed by atoms with van der Waals surface area (Å²) in [5.41, 5.74) is 4.44. The van der Waals surface area contributed by atoms with Gasteiger partial charge in [-0.25, -0.2) is 0 Å². The summed E-state index contributed by atoms with van der Waals surface area (Å²) >= 11 is 0. The molecule has 0 aromatic carbocycles. The van der Waals surface area contributed by atoms with Gasteiger partial charge < -0.3 is 5.11 Å². The van der Waals surface area contributed by atoms with E-state index in [0.717, 1.165) is 48.5 Å². The molecule has 28 heavy (non-hydrogen) atoms. The van der Waals surface area contributed by atoms with E-state index in [1.165, 1.54) is 56.9 Å². The maximum absolute atomic E-state index is 10.1. The third-order valence-corrected chi connectivity index (χ3v) is 8.40. The molecule has 0 bridgehead atoms. The first-order valence-electron chi connectivity index (χ1n) is 12.1. The Bertz CT molecular complexity index is 610. The highest BCUT2D eigenvalue weighted by atomic mass is 16.3. The molecule has 3 aliphatic carbocycles.